The highest BCUT2D eigenvalue weighted by atomic mass is 16.5. The number of imide groups is 1. The summed E-state index contributed by atoms with van der Waals surface area (Å²) in [6, 6.07) is 12.1. The summed E-state index contributed by atoms with van der Waals surface area (Å²) in [4.78, 5) is 57.2. The van der Waals surface area contributed by atoms with E-state index in [1.807, 2.05) is 35.9 Å². The lowest BCUT2D eigenvalue weighted by Gasteiger charge is -2.41. The molecule has 0 radical (unpaired) electrons. The first kappa shape index (κ1) is 37.5. The summed E-state index contributed by atoms with van der Waals surface area (Å²) in [5.41, 5.74) is 4.17. The van der Waals surface area contributed by atoms with Gasteiger partial charge in [0.15, 0.2) is 0 Å². The number of hydrogen-bond acceptors (Lipinski definition) is 10. The molecule has 4 aliphatic rings. The van der Waals surface area contributed by atoms with Crippen LogP contribution in [0.3, 0.4) is 0 Å². The van der Waals surface area contributed by atoms with Crippen molar-refractivity contribution in [2.75, 3.05) is 51.3 Å². The van der Waals surface area contributed by atoms with E-state index in [1.165, 1.54) is 12.2 Å². The summed E-state index contributed by atoms with van der Waals surface area (Å²) in [7, 11) is 1.95. The predicted octanol–water partition coefficient (Wildman–Crippen LogP) is 3.43. The van der Waals surface area contributed by atoms with Crippen LogP contribution in [-0.2, 0) is 49.3 Å². The number of carbonyl (C=O) groups excluding carboxylic acids is 4. The molecule has 4 amide bonds. The number of nitrogens with one attached hydrogen (secondary N) is 2. The van der Waals surface area contributed by atoms with Crippen molar-refractivity contribution in [2.24, 2.45) is 7.05 Å². The zero-order valence-corrected chi connectivity index (χ0v) is 31.0. The van der Waals surface area contributed by atoms with Crippen molar-refractivity contribution in [3.63, 3.8) is 0 Å². The van der Waals surface area contributed by atoms with Crippen LogP contribution in [0.1, 0.15) is 90.4 Å². The van der Waals surface area contributed by atoms with Gasteiger partial charge in [-0.2, -0.15) is 0 Å². The maximum atomic E-state index is 13.7. The number of unbranched alkanes of at least 4 members (excludes halogenated alkanes) is 3. The van der Waals surface area contributed by atoms with Gasteiger partial charge in [-0.05, 0) is 67.5 Å². The van der Waals surface area contributed by atoms with E-state index in [0.29, 0.717) is 44.4 Å². The molecule has 1 aliphatic carbocycles. The van der Waals surface area contributed by atoms with E-state index in [2.05, 4.69) is 37.9 Å². The molecule has 1 saturated carbocycles. The van der Waals surface area contributed by atoms with Gasteiger partial charge in [0.2, 0.25) is 5.91 Å². The Morgan fingerprint density at radius 2 is 1.83 bits per heavy atom. The Balaban J connectivity index is 0.833. The first-order valence-electron chi connectivity index (χ1n) is 19.2. The second kappa shape index (κ2) is 17.1. The minimum Gasteiger partial charge on any atom is -0.379 e. The second-order valence-electron chi connectivity index (χ2n) is 15.1. The Morgan fingerprint density at radius 1 is 1.02 bits per heavy atom. The molecule has 2 aromatic heterocycles. The smallest absolute Gasteiger partial charge is 0.274 e. The van der Waals surface area contributed by atoms with E-state index in [0.717, 1.165) is 97.8 Å². The number of benzene rings is 1. The van der Waals surface area contributed by atoms with Gasteiger partial charge in [0.25, 0.3) is 17.7 Å². The average Bonchev–Trinajstić information content (AvgIpc) is 3.66. The van der Waals surface area contributed by atoms with Gasteiger partial charge >= 0.3 is 0 Å². The third kappa shape index (κ3) is 9.46. The molecule has 3 fully saturated rings. The Labute approximate surface area is 315 Å². The Hall–Kier alpha value is -4.79. The van der Waals surface area contributed by atoms with Crippen LogP contribution in [0.2, 0.25) is 0 Å². The molecule has 1 atom stereocenters. The summed E-state index contributed by atoms with van der Waals surface area (Å²) in [5, 5.41) is 14.3. The van der Waals surface area contributed by atoms with Crippen molar-refractivity contribution in [3.05, 3.63) is 83.2 Å². The summed E-state index contributed by atoms with van der Waals surface area (Å²) < 4.78 is 13.8. The molecule has 14 nitrogen and oxygen atoms in total. The number of anilines is 1. The van der Waals surface area contributed by atoms with Gasteiger partial charge in [0, 0.05) is 94.1 Å². The Kier molecular flexibility index (Phi) is 11.9. The standard InChI is InChI=1S/C40H50N8O6/c1-46-27-42-45-35(46)22-40(25-53-26-40)30-7-6-8-31(21-30)43-39(52)34-20-28(19-33(44-34)29-9-10-29)23-47-16-13-32(24-47)54-18-5-3-2-4-15-41-36(49)14-17-48-37(50)11-12-38(48)51/h6-8,11-12,19-21,27,29,32H,2-5,9-10,13-18,22-26H2,1H3,(H,41,49)(H,43,52)/t32-/m0/s1. The molecule has 14 heteroatoms. The van der Waals surface area contributed by atoms with Crippen LogP contribution in [-0.4, -0.2) is 105 Å². The van der Waals surface area contributed by atoms with E-state index in [1.54, 1.807) is 6.33 Å². The number of aryl methyl sites for hydroxylation is 1. The van der Waals surface area contributed by atoms with Crippen LogP contribution >= 0.6 is 0 Å². The van der Waals surface area contributed by atoms with E-state index >= 15 is 0 Å². The molecule has 7 rings (SSSR count). The molecule has 2 saturated heterocycles. The number of rotatable bonds is 19. The van der Waals surface area contributed by atoms with Gasteiger partial charge in [-0.15, -0.1) is 10.2 Å². The van der Waals surface area contributed by atoms with Gasteiger partial charge in [-0.1, -0.05) is 25.0 Å². The maximum absolute atomic E-state index is 13.7. The number of ether oxygens (including phenoxy) is 2. The van der Waals surface area contributed by atoms with Crippen molar-refractivity contribution in [2.45, 2.75) is 81.8 Å². The number of aromatic nitrogens is 4. The van der Waals surface area contributed by atoms with Crippen LogP contribution in [0.15, 0.2) is 54.9 Å². The van der Waals surface area contributed by atoms with E-state index in [9.17, 15) is 19.2 Å². The lowest BCUT2D eigenvalue weighted by Crippen LogP contribution is -2.49. The molecule has 54 heavy (non-hydrogen) atoms. The summed E-state index contributed by atoms with van der Waals surface area (Å²) in [6.45, 7) is 5.11. The minimum atomic E-state index is -0.365. The molecule has 286 valence electrons. The van der Waals surface area contributed by atoms with Crippen molar-refractivity contribution in [1.82, 2.24) is 34.9 Å². The molecule has 0 spiro atoms. The first-order chi connectivity index (χ1) is 26.2. The molecule has 5 heterocycles. The summed E-state index contributed by atoms with van der Waals surface area (Å²) in [6.07, 6.45) is 12.2. The highest BCUT2D eigenvalue weighted by Gasteiger charge is 2.42. The largest absolute Gasteiger partial charge is 0.379 e. The summed E-state index contributed by atoms with van der Waals surface area (Å²) in [5.74, 6) is 0.221. The number of carbonyl (C=O) groups is 4. The van der Waals surface area contributed by atoms with Crippen molar-refractivity contribution < 1.29 is 28.7 Å². The monoisotopic (exact) mass is 738 g/mol. The van der Waals surface area contributed by atoms with Gasteiger partial charge < -0.3 is 24.7 Å². The molecule has 1 aromatic carbocycles. The van der Waals surface area contributed by atoms with E-state index < -0.39 is 0 Å². The van der Waals surface area contributed by atoms with Crippen LogP contribution in [0.4, 0.5) is 5.69 Å². The highest BCUT2D eigenvalue weighted by molar-refractivity contribution is 6.13. The predicted molar refractivity (Wildman–Crippen MR) is 199 cm³/mol. The van der Waals surface area contributed by atoms with Crippen molar-refractivity contribution >= 4 is 29.3 Å². The molecule has 3 aromatic rings. The van der Waals surface area contributed by atoms with Gasteiger partial charge in [-0.25, -0.2) is 4.98 Å². The second-order valence-corrected chi connectivity index (χ2v) is 15.1. The molecule has 0 unspecified atom stereocenters. The maximum Gasteiger partial charge on any atom is 0.274 e. The third-order valence-corrected chi connectivity index (χ3v) is 10.8. The first-order valence-corrected chi connectivity index (χ1v) is 19.2. The molecule has 0 bridgehead atoms. The normalized spacial score (nSPS) is 19.4. The highest BCUT2D eigenvalue weighted by Crippen LogP contribution is 2.40. The zero-order chi connectivity index (χ0) is 37.5. The fourth-order valence-corrected chi connectivity index (χ4v) is 7.36. The fraction of sp³-hybridized carbons (Fsp3) is 0.525. The zero-order valence-electron chi connectivity index (χ0n) is 31.0. The van der Waals surface area contributed by atoms with Gasteiger partial charge in [0.05, 0.1) is 19.3 Å². The van der Waals surface area contributed by atoms with Crippen LogP contribution in [0, 0.1) is 0 Å². The SMILES string of the molecule is Cn1cnnc1CC1(c2cccc(NC(=O)c3cc(CN4CC[C@H](OCCCCCCNC(=O)CCN5C(=O)C=CC5=O)C4)cc(C4CC4)n3)c2)COC1. The Bertz CT molecular complexity index is 1850. The van der Waals surface area contributed by atoms with E-state index in [-0.39, 0.29) is 48.1 Å². The molecular weight excluding hydrogens is 688 g/mol. The van der Waals surface area contributed by atoms with E-state index in [4.69, 9.17) is 14.5 Å². The van der Waals surface area contributed by atoms with Crippen LogP contribution < -0.4 is 10.6 Å². The van der Waals surface area contributed by atoms with Crippen molar-refractivity contribution in [3.8, 4) is 0 Å². The van der Waals surface area contributed by atoms with Crippen LogP contribution in [0.25, 0.3) is 0 Å². The molecule has 2 N–H and O–H groups in total. The molecule has 3 aliphatic heterocycles. The topological polar surface area (TPSA) is 161 Å². The number of hydrogen-bond donors (Lipinski definition) is 2. The van der Waals surface area contributed by atoms with Crippen molar-refractivity contribution in [1.29, 1.82) is 0 Å². The van der Waals surface area contributed by atoms with Gasteiger partial charge in [0.1, 0.15) is 17.8 Å². The summed E-state index contributed by atoms with van der Waals surface area (Å²) >= 11 is 0. The lowest BCUT2D eigenvalue weighted by molar-refractivity contribution is -0.137. The number of likely N-dealkylation sites (tertiary alicyclic amines) is 1. The molecular formula is C40H50N8O6. The number of nitrogens with zero attached hydrogens (tertiary/aromatic N) is 6. The van der Waals surface area contributed by atoms with Gasteiger partial charge in [-0.3, -0.25) is 29.0 Å². The lowest BCUT2D eigenvalue weighted by atomic mass is 9.75. The number of pyridine rings is 1. The quantitative estimate of drug-likeness (QED) is 0.138. The third-order valence-electron chi connectivity index (χ3n) is 10.8. The van der Waals surface area contributed by atoms with Crippen LogP contribution in [0.5, 0.6) is 0 Å². The number of amides is 4. The Morgan fingerprint density at radius 3 is 2.57 bits per heavy atom. The minimum absolute atomic E-state index is 0.106. The average molecular weight is 739 g/mol. The fourth-order valence-electron chi connectivity index (χ4n) is 7.36.